The van der Waals surface area contributed by atoms with Crippen LogP contribution in [0.2, 0.25) is 0 Å². The number of nitrogens with two attached hydrogens (primary N) is 1. The summed E-state index contributed by atoms with van der Waals surface area (Å²) in [7, 11) is 1.59. The van der Waals surface area contributed by atoms with Gasteiger partial charge in [-0.15, -0.1) is 0 Å². The first-order valence-electron chi connectivity index (χ1n) is 5.41. The van der Waals surface area contributed by atoms with Gasteiger partial charge in [-0.3, -0.25) is 4.79 Å². The molecule has 0 aliphatic carbocycles. The van der Waals surface area contributed by atoms with E-state index in [1.165, 1.54) is 0 Å². The summed E-state index contributed by atoms with van der Waals surface area (Å²) in [6, 6.07) is 6.99. The minimum Gasteiger partial charge on any atom is -0.497 e. The largest absolute Gasteiger partial charge is 0.497 e. The molecule has 1 unspecified atom stereocenters. The summed E-state index contributed by atoms with van der Waals surface area (Å²) in [5.41, 5.74) is 5.51. The summed E-state index contributed by atoms with van der Waals surface area (Å²) in [6.07, 6.45) is 0. The highest BCUT2D eigenvalue weighted by atomic mass is 16.5. The van der Waals surface area contributed by atoms with Crippen LogP contribution in [0.3, 0.4) is 0 Å². The third-order valence-electron chi connectivity index (χ3n) is 2.05. The normalized spacial score (nSPS) is 11.7. The molecule has 0 spiro atoms. The molecule has 0 heterocycles. The van der Waals surface area contributed by atoms with E-state index in [1.807, 2.05) is 6.92 Å². The number of benzene rings is 1. The van der Waals surface area contributed by atoms with Crippen molar-refractivity contribution in [2.75, 3.05) is 20.3 Å². The zero-order chi connectivity index (χ0) is 12.7. The third kappa shape index (κ3) is 5.21. The molecule has 0 saturated heterocycles. The van der Waals surface area contributed by atoms with Crippen LogP contribution in [0.1, 0.15) is 6.92 Å². The fraction of sp³-hybridized carbons (Fsp3) is 0.417. The molecule has 0 aromatic heterocycles. The topological polar surface area (TPSA) is 73.6 Å². The molecule has 0 bridgehead atoms. The lowest BCUT2D eigenvalue weighted by atomic mass is 10.3. The number of hydrogen-bond acceptors (Lipinski definition) is 4. The van der Waals surface area contributed by atoms with Gasteiger partial charge in [-0.25, -0.2) is 0 Å². The Morgan fingerprint density at radius 2 is 1.94 bits per heavy atom. The lowest BCUT2D eigenvalue weighted by molar-refractivity contribution is -0.123. The van der Waals surface area contributed by atoms with Gasteiger partial charge in [0, 0.05) is 12.6 Å². The van der Waals surface area contributed by atoms with Crippen molar-refractivity contribution < 1.29 is 14.3 Å². The SMILES string of the molecule is COc1ccc(OCC(=O)NCC(C)N)cc1. The molecule has 5 nitrogen and oxygen atoms in total. The highest BCUT2D eigenvalue weighted by Gasteiger charge is 2.03. The number of rotatable bonds is 6. The minimum absolute atomic E-state index is 0.0148. The smallest absolute Gasteiger partial charge is 0.257 e. The predicted octanol–water partition coefficient (Wildman–Crippen LogP) is 0.537. The van der Waals surface area contributed by atoms with Crippen LogP contribution in [0.5, 0.6) is 11.5 Å². The molecular formula is C12H18N2O3. The van der Waals surface area contributed by atoms with Crippen molar-refractivity contribution in [3.05, 3.63) is 24.3 Å². The van der Waals surface area contributed by atoms with Gasteiger partial charge in [-0.2, -0.15) is 0 Å². The molecule has 94 valence electrons. The molecular weight excluding hydrogens is 220 g/mol. The van der Waals surface area contributed by atoms with Gasteiger partial charge in [0.25, 0.3) is 5.91 Å². The Bertz CT molecular complexity index is 349. The second kappa shape index (κ2) is 6.75. The van der Waals surface area contributed by atoms with Crippen molar-refractivity contribution >= 4 is 5.91 Å². The molecule has 0 aliphatic rings. The number of carbonyl (C=O) groups is 1. The van der Waals surface area contributed by atoms with Crippen molar-refractivity contribution in [2.24, 2.45) is 5.73 Å². The molecule has 17 heavy (non-hydrogen) atoms. The molecule has 0 aliphatic heterocycles. The van der Waals surface area contributed by atoms with Crippen molar-refractivity contribution in [3.8, 4) is 11.5 Å². The van der Waals surface area contributed by atoms with Gasteiger partial charge in [0.05, 0.1) is 7.11 Å². The molecule has 1 rings (SSSR count). The van der Waals surface area contributed by atoms with Gasteiger partial charge in [-0.1, -0.05) is 0 Å². The molecule has 3 N–H and O–H groups in total. The Morgan fingerprint density at radius 1 is 1.35 bits per heavy atom. The molecule has 1 amide bonds. The molecule has 1 aromatic rings. The summed E-state index contributed by atoms with van der Waals surface area (Å²) in [4.78, 5) is 11.3. The van der Waals surface area contributed by atoms with Gasteiger partial charge >= 0.3 is 0 Å². The first-order valence-corrected chi connectivity index (χ1v) is 5.41. The fourth-order valence-corrected chi connectivity index (χ4v) is 1.15. The van der Waals surface area contributed by atoms with E-state index >= 15 is 0 Å². The summed E-state index contributed by atoms with van der Waals surface area (Å²) in [6.45, 7) is 2.26. The lowest BCUT2D eigenvalue weighted by Crippen LogP contribution is -2.37. The summed E-state index contributed by atoms with van der Waals surface area (Å²) in [5.74, 6) is 1.19. The number of carbonyl (C=O) groups excluding carboxylic acids is 1. The maximum absolute atomic E-state index is 11.3. The van der Waals surface area contributed by atoms with Crippen LogP contribution < -0.4 is 20.5 Å². The van der Waals surface area contributed by atoms with Crippen LogP contribution in [0.25, 0.3) is 0 Å². The monoisotopic (exact) mass is 238 g/mol. The average Bonchev–Trinajstić information content (AvgIpc) is 2.34. The molecule has 5 heteroatoms. The Labute approximate surface area is 101 Å². The van der Waals surface area contributed by atoms with Gasteiger partial charge in [0.2, 0.25) is 0 Å². The number of nitrogens with one attached hydrogen (secondary N) is 1. The Morgan fingerprint density at radius 3 is 2.47 bits per heavy atom. The van der Waals surface area contributed by atoms with Crippen molar-refractivity contribution in [2.45, 2.75) is 13.0 Å². The molecule has 1 aromatic carbocycles. The van der Waals surface area contributed by atoms with E-state index < -0.39 is 0 Å². The first-order chi connectivity index (χ1) is 8.11. The zero-order valence-electron chi connectivity index (χ0n) is 10.1. The number of hydrogen-bond donors (Lipinski definition) is 2. The number of methoxy groups -OCH3 is 1. The van der Waals surface area contributed by atoms with Gasteiger partial charge in [-0.05, 0) is 31.2 Å². The Kier molecular flexibility index (Phi) is 5.29. The Hall–Kier alpha value is -1.75. The van der Waals surface area contributed by atoms with E-state index in [0.717, 1.165) is 5.75 Å². The van der Waals surface area contributed by atoms with Gasteiger partial charge < -0.3 is 20.5 Å². The standard InChI is InChI=1S/C12H18N2O3/c1-9(13)7-14-12(15)8-17-11-5-3-10(16-2)4-6-11/h3-6,9H,7-8,13H2,1-2H3,(H,14,15). The van der Waals surface area contributed by atoms with Crippen LogP contribution in [-0.4, -0.2) is 32.2 Å². The van der Waals surface area contributed by atoms with Gasteiger partial charge in [0.15, 0.2) is 6.61 Å². The van der Waals surface area contributed by atoms with E-state index in [2.05, 4.69) is 5.32 Å². The third-order valence-corrected chi connectivity index (χ3v) is 2.05. The molecule has 0 saturated carbocycles. The van der Waals surface area contributed by atoms with Crippen molar-refractivity contribution in [3.63, 3.8) is 0 Å². The second-order valence-corrected chi connectivity index (χ2v) is 3.75. The maximum atomic E-state index is 11.3. The van der Waals surface area contributed by atoms with Crippen molar-refractivity contribution in [1.82, 2.24) is 5.32 Å². The van der Waals surface area contributed by atoms with E-state index in [9.17, 15) is 4.79 Å². The van der Waals surface area contributed by atoms with Crippen LogP contribution in [0.15, 0.2) is 24.3 Å². The fourth-order valence-electron chi connectivity index (χ4n) is 1.15. The highest BCUT2D eigenvalue weighted by Crippen LogP contribution is 2.16. The van der Waals surface area contributed by atoms with E-state index in [4.69, 9.17) is 15.2 Å². The molecule has 1 atom stereocenters. The summed E-state index contributed by atoms with van der Waals surface area (Å²) in [5, 5.41) is 2.66. The van der Waals surface area contributed by atoms with Crippen LogP contribution >= 0.6 is 0 Å². The Balaban J connectivity index is 2.31. The number of ether oxygens (including phenoxy) is 2. The summed E-state index contributed by atoms with van der Waals surface area (Å²) < 4.78 is 10.3. The average molecular weight is 238 g/mol. The number of amides is 1. The molecule has 0 radical (unpaired) electrons. The van der Waals surface area contributed by atoms with Crippen LogP contribution in [-0.2, 0) is 4.79 Å². The van der Waals surface area contributed by atoms with Gasteiger partial charge in [0.1, 0.15) is 11.5 Å². The predicted molar refractivity (Wildman–Crippen MR) is 65.1 cm³/mol. The van der Waals surface area contributed by atoms with E-state index in [0.29, 0.717) is 12.3 Å². The summed E-state index contributed by atoms with van der Waals surface area (Å²) >= 11 is 0. The first kappa shape index (κ1) is 13.3. The van der Waals surface area contributed by atoms with Crippen molar-refractivity contribution in [1.29, 1.82) is 0 Å². The second-order valence-electron chi connectivity index (χ2n) is 3.75. The van der Waals surface area contributed by atoms with E-state index in [1.54, 1.807) is 31.4 Å². The minimum atomic E-state index is -0.182. The van der Waals surface area contributed by atoms with Crippen LogP contribution in [0.4, 0.5) is 0 Å². The zero-order valence-corrected chi connectivity index (χ0v) is 10.1. The van der Waals surface area contributed by atoms with E-state index in [-0.39, 0.29) is 18.6 Å². The van der Waals surface area contributed by atoms with Crippen LogP contribution in [0, 0.1) is 0 Å². The molecule has 0 fully saturated rings. The lowest BCUT2D eigenvalue weighted by Gasteiger charge is -2.09. The quantitative estimate of drug-likeness (QED) is 0.758. The highest BCUT2D eigenvalue weighted by molar-refractivity contribution is 5.77. The maximum Gasteiger partial charge on any atom is 0.257 e.